The van der Waals surface area contributed by atoms with Gasteiger partial charge in [0.1, 0.15) is 5.82 Å². The lowest BCUT2D eigenvalue weighted by Crippen LogP contribution is -2.40. The number of nitrogens with zero attached hydrogens (tertiary/aromatic N) is 5. The molecule has 0 unspecified atom stereocenters. The van der Waals surface area contributed by atoms with Crippen LogP contribution < -0.4 is 21.3 Å². The summed E-state index contributed by atoms with van der Waals surface area (Å²) in [5.41, 5.74) is 12.2. The first-order valence-corrected chi connectivity index (χ1v) is 12.0. The van der Waals surface area contributed by atoms with Crippen LogP contribution in [0.15, 0.2) is 41.4 Å². The van der Waals surface area contributed by atoms with Gasteiger partial charge in [0.05, 0.1) is 42.3 Å². The molecule has 1 aromatic carbocycles. The van der Waals surface area contributed by atoms with Gasteiger partial charge in [0, 0.05) is 32.1 Å². The number of anilines is 1. The first-order chi connectivity index (χ1) is 18.7. The molecule has 0 fully saturated rings. The first-order valence-electron chi connectivity index (χ1n) is 12.0. The number of aliphatic imine (C=N–C) groups is 1. The number of nitrogens with one attached hydrogen (secondary N) is 2. The monoisotopic (exact) mass is 536 g/mol. The third-order valence-electron chi connectivity index (χ3n) is 6.12. The van der Waals surface area contributed by atoms with Crippen molar-refractivity contribution >= 4 is 23.6 Å². The summed E-state index contributed by atoms with van der Waals surface area (Å²) in [6, 6.07) is 9.11. The summed E-state index contributed by atoms with van der Waals surface area (Å²) in [4.78, 5) is 48.7. The maximum Gasteiger partial charge on any atom is 0.251 e. The minimum Gasteiger partial charge on any atom is -0.481 e. The van der Waals surface area contributed by atoms with E-state index in [1.165, 1.54) is 38.2 Å². The van der Waals surface area contributed by atoms with Crippen LogP contribution in [0.3, 0.4) is 0 Å². The van der Waals surface area contributed by atoms with Gasteiger partial charge in [-0.1, -0.05) is 12.1 Å². The highest BCUT2D eigenvalue weighted by atomic mass is 19.1. The summed E-state index contributed by atoms with van der Waals surface area (Å²) in [5.74, 6) is -0.380. The predicted octanol–water partition coefficient (Wildman–Crippen LogP) is 1.35. The van der Waals surface area contributed by atoms with Crippen molar-refractivity contribution in [2.75, 3.05) is 40.1 Å². The molecule has 3 heterocycles. The number of ether oxygens (including phenoxy) is 1. The smallest absolute Gasteiger partial charge is 0.251 e. The zero-order valence-electron chi connectivity index (χ0n) is 22.0. The van der Waals surface area contributed by atoms with Crippen LogP contribution in [-0.2, 0) is 20.8 Å². The van der Waals surface area contributed by atoms with Crippen LogP contribution in [0.5, 0.6) is 5.88 Å². The summed E-state index contributed by atoms with van der Waals surface area (Å²) in [7, 11) is 4.49. The van der Waals surface area contributed by atoms with E-state index in [2.05, 4.69) is 25.7 Å². The zero-order chi connectivity index (χ0) is 28.1. The number of benzene rings is 1. The lowest BCUT2D eigenvalue weighted by atomic mass is 9.91. The molecule has 2 aromatic heterocycles. The zero-order valence-corrected chi connectivity index (χ0v) is 22.0. The van der Waals surface area contributed by atoms with Crippen LogP contribution in [0.4, 0.5) is 10.3 Å². The van der Waals surface area contributed by atoms with E-state index in [0.29, 0.717) is 46.1 Å². The van der Waals surface area contributed by atoms with Crippen molar-refractivity contribution in [3.8, 4) is 17.1 Å². The molecule has 4 N–H and O–H groups in total. The third-order valence-corrected chi connectivity index (χ3v) is 6.12. The number of nitrogen functional groups attached to an aromatic ring is 1. The Balaban J connectivity index is 1.67. The molecule has 0 bridgehead atoms. The number of amidine groups is 1. The number of likely N-dealkylation sites (N-methyl/N-ethyl adjacent to an activating group) is 2. The number of hydrogen-bond donors (Lipinski definition) is 3. The van der Waals surface area contributed by atoms with Gasteiger partial charge in [-0.2, -0.15) is 0 Å². The SMILES string of the molecule is CNC(=O)CN(C)C(=O)CONC1=N[C@@H](c2ccc(F)cc2-c2cccc(OC)n2)Cc2nc(N)nc(C)c21. The van der Waals surface area contributed by atoms with Gasteiger partial charge < -0.3 is 20.7 Å². The molecule has 39 heavy (non-hydrogen) atoms. The van der Waals surface area contributed by atoms with Crippen LogP contribution in [0.25, 0.3) is 11.3 Å². The Bertz CT molecular complexity index is 1430. The molecule has 12 nitrogen and oxygen atoms in total. The van der Waals surface area contributed by atoms with Gasteiger partial charge in [0.2, 0.25) is 17.7 Å². The number of aromatic nitrogens is 3. The summed E-state index contributed by atoms with van der Waals surface area (Å²) < 4.78 is 19.6. The number of methoxy groups -OCH3 is 1. The molecule has 13 heteroatoms. The molecule has 1 aliphatic rings. The van der Waals surface area contributed by atoms with Gasteiger partial charge in [0.25, 0.3) is 5.91 Å². The van der Waals surface area contributed by atoms with E-state index >= 15 is 0 Å². The molecule has 0 radical (unpaired) electrons. The summed E-state index contributed by atoms with van der Waals surface area (Å²) in [6.45, 7) is 1.29. The highest BCUT2D eigenvalue weighted by Gasteiger charge is 2.29. The maximum atomic E-state index is 14.4. The normalized spacial score (nSPS) is 14.2. The van der Waals surface area contributed by atoms with E-state index in [1.54, 1.807) is 31.2 Å². The summed E-state index contributed by atoms with van der Waals surface area (Å²) in [6.07, 6.45) is 0.352. The van der Waals surface area contributed by atoms with Crippen LogP contribution in [0.1, 0.15) is 28.6 Å². The van der Waals surface area contributed by atoms with Crippen LogP contribution in [0, 0.1) is 12.7 Å². The number of carbonyl (C=O) groups is 2. The van der Waals surface area contributed by atoms with E-state index < -0.39 is 17.8 Å². The van der Waals surface area contributed by atoms with Gasteiger partial charge in [-0.3, -0.25) is 19.4 Å². The fraction of sp³-hybridized carbons (Fsp3) is 0.308. The molecule has 0 spiro atoms. The number of fused-ring (bicyclic) bond motifs is 1. The number of aryl methyl sites for hydroxylation is 1. The number of hydroxylamine groups is 1. The quantitative estimate of drug-likeness (QED) is 0.362. The lowest BCUT2D eigenvalue weighted by molar-refractivity contribution is -0.139. The van der Waals surface area contributed by atoms with Crippen molar-refractivity contribution < 1.29 is 23.6 Å². The third kappa shape index (κ3) is 6.26. The Morgan fingerprint density at radius 3 is 2.74 bits per heavy atom. The van der Waals surface area contributed by atoms with E-state index in [4.69, 9.17) is 20.3 Å². The largest absolute Gasteiger partial charge is 0.481 e. The highest BCUT2D eigenvalue weighted by molar-refractivity contribution is 6.01. The minimum atomic E-state index is -0.521. The fourth-order valence-corrected chi connectivity index (χ4v) is 4.20. The number of rotatable bonds is 8. The van der Waals surface area contributed by atoms with Gasteiger partial charge in [-0.25, -0.2) is 24.8 Å². The Kier molecular flexibility index (Phi) is 8.30. The van der Waals surface area contributed by atoms with Crippen molar-refractivity contribution in [1.29, 1.82) is 0 Å². The minimum absolute atomic E-state index is 0.104. The standard InChI is InChI=1S/C26H29FN8O4/c1-14-24-20(33-26(28)30-14)11-19(32-25(24)34-39-13-23(37)35(3)12-21(36)29-2)16-9-8-15(27)10-17(16)18-6-5-7-22(31-18)38-4/h5-10,19H,11-13H2,1-4H3,(H,29,36)(H,32,34)(H2,28,30,33)/t19-/m1/s1. The summed E-state index contributed by atoms with van der Waals surface area (Å²) in [5, 5.41) is 2.46. The molecule has 3 aromatic rings. The molecule has 0 aliphatic carbocycles. The maximum absolute atomic E-state index is 14.4. The molecule has 0 saturated carbocycles. The molecule has 204 valence electrons. The molecule has 1 aliphatic heterocycles. The molecular formula is C26H29FN8O4. The Morgan fingerprint density at radius 2 is 2.00 bits per heavy atom. The second kappa shape index (κ2) is 11.8. The topological polar surface area (TPSA) is 157 Å². The molecule has 0 saturated heterocycles. The average Bonchev–Trinajstić information content (AvgIpc) is 2.92. The van der Waals surface area contributed by atoms with E-state index in [-0.39, 0.29) is 30.8 Å². The second-order valence-electron chi connectivity index (χ2n) is 8.80. The molecule has 4 rings (SSSR count). The Morgan fingerprint density at radius 1 is 1.21 bits per heavy atom. The van der Waals surface area contributed by atoms with Gasteiger partial charge in [-0.15, -0.1) is 0 Å². The lowest BCUT2D eigenvalue weighted by Gasteiger charge is -2.26. The van der Waals surface area contributed by atoms with Crippen molar-refractivity contribution in [1.82, 2.24) is 30.6 Å². The Hall–Kier alpha value is -4.65. The van der Waals surface area contributed by atoms with E-state index in [0.717, 1.165) is 0 Å². The number of carbonyl (C=O) groups excluding carboxylic acids is 2. The van der Waals surface area contributed by atoms with Gasteiger partial charge in [-0.05, 0) is 30.7 Å². The fourth-order valence-electron chi connectivity index (χ4n) is 4.20. The van der Waals surface area contributed by atoms with Crippen LogP contribution >= 0.6 is 0 Å². The Labute approximate surface area is 224 Å². The first kappa shape index (κ1) is 27.4. The highest BCUT2D eigenvalue weighted by Crippen LogP contribution is 2.36. The van der Waals surface area contributed by atoms with Crippen molar-refractivity contribution in [2.45, 2.75) is 19.4 Å². The molecular weight excluding hydrogens is 507 g/mol. The van der Waals surface area contributed by atoms with E-state index in [1.807, 2.05) is 0 Å². The number of halogens is 1. The van der Waals surface area contributed by atoms with Gasteiger partial charge >= 0.3 is 0 Å². The number of nitrogens with two attached hydrogens (primary N) is 1. The predicted molar refractivity (Wildman–Crippen MR) is 141 cm³/mol. The van der Waals surface area contributed by atoms with Crippen molar-refractivity contribution in [3.63, 3.8) is 0 Å². The van der Waals surface area contributed by atoms with Crippen molar-refractivity contribution in [3.05, 3.63) is 64.7 Å². The second-order valence-corrected chi connectivity index (χ2v) is 8.80. The number of pyridine rings is 1. The summed E-state index contributed by atoms with van der Waals surface area (Å²) >= 11 is 0. The average molecular weight is 537 g/mol. The van der Waals surface area contributed by atoms with E-state index in [9.17, 15) is 14.0 Å². The van der Waals surface area contributed by atoms with Gasteiger partial charge in [0.15, 0.2) is 12.4 Å². The molecule has 1 atom stereocenters. The van der Waals surface area contributed by atoms with Crippen LogP contribution in [0.2, 0.25) is 0 Å². The van der Waals surface area contributed by atoms with Crippen LogP contribution in [-0.4, -0.2) is 71.9 Å². The molecule has 2 amide bonds. The number of amides is 2. The number of hydrogen-bond acceptors (Lipinski definition) is 10. The van der Waals surface area contributed by atoms with Crippen molar-refractivity contribution in [2.24, 2.45) is 4.99 Å².